The normalized spacial score (nSPS) is 21.6. The van der Waals surface area contributed by atoms with Gasteiger partial charge in [-0.05, 0) is 44.0 Å². The number of rotatable bonds is 6. The van der Waals surface area contributed by atoms with E-state index in [0.717, 1.165) is 70.0 Å². The molecule has 0 N–H and O–H groups in total. The van der Waals surface area contributed by atoms with Crippen LogP contribution < -0.4 is 5.56 Å². The van der Waals surface area contributed by atoms with E-state index in [0.29, 0.717) is 12.6 Å². The maximum absolute atomic E-state index is 12.4. The monoisotopic (exact) mass is 383 g/mol. The third-order valence-corrected chi connectivity index (χ3v) is 5.72. The van der Waals surface area contributed by atoms with E-state index in [4.69, 9.17) is 4.74 Å². The van der Waals surface area contributed by atoms with Crippen molar-refractivity contribution in [3.05, 3.63) is 47.0 Å². The standard InChI is InChI=1S/C21H29N5O2/c27-21-7-6-20(18-4-1-8-22-16-18)23-26(21)17-19-5-2-10-25(19)12-11-24-9-3-14-28-15-13-24/h1,4,6-8,16,19H,2-3,5,9-15,17H2. The predicted molar refractivity (Wildman–Crippen MR) is 108 cm³/mol. The molecular weight excluding hydrogens is 354 g/mol. The number of aromatic nitrogens is 3. The Hall–Kier alpha value is -2.09. The van der Waals surface area contributed by atoms with Crippen LogP contribution in [0.5, 0.6) is 0 Å². The van der Waals surface area contributed by atoms with Gasteiger partial charge in [-0.3, -0.25) is 19.6 Å². The third-order valence-electron chi connectivity index (χ3n) is 5.72. The molecule has 2 aromatic heterocycles. The van der Waals surface area contributed by atoms with Crippen molar-refractivity contribution < 1.29 is 4.74 Å². The van der Waals surface area contributed by atoms with Crippen LogP contribution in [0.4, 0.5) is 0 Å². The van der Waals surface area contributed by atoms with Crippen LogP contribution in [0.1, 0.15) is 19.3 Å². The number of ether oxygens (including phenoxy) is 1. The molecular formula is C21H29N5O2. The number of hydrogen-bond acceptors (Lipinski definition) is 6. The van der Waals surface area contributed by atoms with E-state index >= 15 is 0 Å². The van der Waals surface area contributed by atoms with Crippen molar-refractivity contribution >= 4 is 0 Å². The second kappa shape index (κ2) is 9.41. The Morgan fingerprint density at radius 2 is 2.04 bits per heavy atom. The van der Waals surface area contributed by atoms with Crippen molar-refractivity contribution in [2.24, 2.45) is 0 Å². The first-order chi connectivity index (χ1) is 13.8. The minimum atomic E-state index is -0.0378. The molecule has 0 radical (unpaired) electrons. The number of pyridine rings is 1. The molecule has 7 nitrogen and oxygen atoms in total. The van der Waals surface area contributed by atoms with Gasteiger partial charge in [0, 0.05) is 62.9 Å². The Bertz CT molecular complexity index is 802. The van der Waals surface area contributed by atoms with Gasteiger partial charge in [0.05, 0.1) is 18.8 Å². The lowest BCUT2D eigenvalue weighted by Crippen LogP contribution is -2.41. The summed E-state index contributed by atoms with van der Waals surface area (Å²) in [7, 11) is 0. The predicted octanol–water partition coefficient (Wildman–Crippen LogP) is 1.49. The summed E-state index contributed by atoms with van der Waals surface area (Å²) in [6.45, 7) is 7.72. The summed E-state index contributed by atoms with van der Waals surface area (Å²) in [5.74, 6) is 0. The summed E-state index contributed by atoms with van der Waals surface area (Å²) in [4.78, 5) is 21.6. The van der Waals surface area contributed by atoms with Crippen LogP contribution in [0, 0.1) is 0 Å². The fourth-order valence-electron chi connectivity index (χ4n) is 4.14. The van der Waals surface area contributed by atoms with E-state index in [1.807, 2.05) is 12.1 Å². The van der Waals surface area contributed by atoms with Gasteiger partial charge in [-0.2, -0.15) is 5.10 Å². The molecule has 1 atom stereocenters. The molecule has 0 bridgehead atoms. The summed E-state index contributed by atoms with van der Waals surface area (Å²) in [6.07, 6.45) is 6.94. The Kier molecular flexibility index (Phi) is 6.46. The Labute approximate surface area is 165 Å². The molecule has 2 aliphatic heterocycles. The van der Waals surface area contributed by atoms with Gasteiger partial charge < -0.3 is 4.74 Å². The Morgan fingerprint density at radius 3 is 2.93 bits per heavy atom. The van der Waals surface area contributed by atoms with Gasteiger partial charge in [-0.15, -0.1) is 0 Å². The summed E-state index contributed by atoms with van der Waals surface area (Å²) in [5, 5.41) is 4.61. The van der Waals surface area contributed by atoms with Crippen LogP contribution in [0.25, 0.3) is 11.3 Å². The molecule has 4 heterocycles. The van der Waals surface area contributed by atoms with Gasteiger partial charge in [0.15, 0.2) is 0 Å². The highest BCUT2D eigenvalue weighted by Gasteiger charge is 2.26. The molecule has 28 heavy (non-hydrogen) atoms. The van der Waals surface area contributed by atoms with E-state index in [2.05, 4.69) is 19.9 Å². The first kappa shape index (κ1) is 19.2. The van der Waals surface area contributed by atoms with E-state index in [9.17, 15) is 4.79 Å². The van der Waals surface area contributed by atoms with Crippen LogP contribution in [-0.4, -0.2) is 76.5 Å². The average molecular weight is 383 g/mol. The highest BCUT2D eigenvalue weighted by atomic mass is 16.5. The fourth-order valence-corrected chi connectivity index (χ4v) is 4.14. The second-order valence-electron chi connectivity index (χ2n) is 7.62. The third kappa shape index (κ3) is 4.84. The molecule has 2 fully saturated rings. The van der Waals surface area contributed by atoms with Crippen molar-refractivity contribution in [3.8, 4) is 11.3 Å². The molecule has 2 aliphatic rings. The summed E-state index contributed by atoms with van der Waals surface area (Å²) >= 11 is 0. The van der Waals surface area contributed by atoms with Crippen molar-refractivity contribution in [2.75, 3.05) is 45.9 Å². The van der Waals surface area contributed by atoms with Gasteiger partial charge in [0.25, 0.3) is 5.56 Å². The molecule has 0 spiro atoms. The molecule has 1 unspecified atom stereocenters. The number of nitrogens with zero attached hydrogens (tertiary/aromatic N) is 5. The number of likely N-dealkylation sites (tertiary alicyclic amines) is 1. The SMILES string of the molecule is O=c1ccc(-c2cccnc2)nn1CC1CCCN1CCN1CCCOCC1. The van der Waals surface area contributed by atoms with Gasteiger partial charge in [0.2, 0.25) is 0 Å². The van der Waals surface area contributed by atoms with Gasteiger partial charge in [0.1, 0.15) is 0 Å². The molecule has 2 aromatic rings. The fraction of sp³-hybridized carbons (Fsp3) is 0.571. The van der Waals surface area contributed by atoms with Gasteiger partial charge in [-0.1, -0.05) is 0 Å². The van der Waals surface area contributed by atoms with Gasteiger partial charge in [-0.25, -0.2) is 4.68 Å². The van der Waals surface area contributed by atoms with Crippen LogP contribution >= 0.6 is 0 Å². The molecule has 0 aromatic carbocycles. The van der Waals surface area contributed by atoms with E-state index in [-0.39, 0.29) is 5.56 Å². The maximum Gasteiger partial charge on any atom is 0.266 e. The minimum Gasteiger partial charge on any atom is -0.380 e. The smallest absolute Gasteiger partial charge is 0.266 e. The second-order valence-corrected chi connectivity index (χ2v) is 7.62. The molecule has 7 heteroatoms. The molecule has 4 rings (SSSR count). The van der Waals surface area contributed by atoms with Crippen LogP contribution in [-0.2, 0) is 11.3 Å². The van der Waals surface area contributed by atoms with Crippen molar-refractivity contribution in [3.63, 3.8) is 0 Å². The Balaban J connectivity index is 1.40. The lowest BCUT2D eigenvalue weighted by Gasteiger charge is -2.28. The van der Waals surface area contributed by atoms with E-state index in [1.165, 1.54) is 6.42 Å². The van der Waals surface area contributed by atoms with Gasteiger partial charge >= 0.3 is 0 Å². The quantitative estimate of drug-likeness (QED) is 0.753. The Morgan fingerprint density at radius 1 is 1.07 bits per heavy atom. The molecule has 0 saturated carbocycles. The summed E-state index contributed by atoms with van der Waals surface area (Å²) in [6, 6.07) is 7.63. The largest absolute Gasteiger partial charge is 0.380 e. The zero-order valence-electron chi connectivity index (χ0n) is 16.4. The molecule has 2 saturated heterocycles. The molecule has 150 valence electrons. The first-order valence-corrected chi connectivity index (χ1v) is 10.3. The highest BCUT2D eigenvalue weighted by Crippen LogP contribution is 2.19. The maximum atomic E-state index is 12.4. The average Bonchev–Trinajstić information content (AvgIpc) is 3.00. The van der Waals surface area contributed by atoms with Crippen molar-refractivity contribution in [1.29, 1.82) is 0 Å². The zero-order chi connectivity index (χ0) is 19.2. The topological polar surface area (TPSA) is 63.5 Å². The van der Waals surface area contributed by atoms with E-state index < -0.39 is 0 Å². The summed E-state index contributed by atoms with van der Waals surface area (Å²) < 4.78 is 7.18. The van der Waals surface area contributed by atoms with Crippen molar-refractivity contribution in [2.45, 2.75) is 31.8 Å². The zero-order valence-corrected chi connectivity index (χ0v) is 16.4. The molecule has 0 amide bonds. The van der Waals surface area contributed by atoms with Crippen LogP contribution in [0.2, 0.25) is 0 Å². The van der Waals surface area contributed by atoms with Crippen LogP contribution in [0.15, 0.2) is 41.5 Å². The lowest BCUT2D eigenvalue weighted by atomic mass is 10.2. The first-order valence-electron chi connectivity index (χ1n) is 10.3. The van der Waals surface area contributed by atoms with Crippen LogP contribution in [0.3, 0.4) is 0 Å². The number of hydrogen-bond donors (Lipinski definition) is 0. The molecule has 0 aliphatic carbocycles. The van der Waals surface area contributed by atoms with Crippen molar-refractivity contribution in [1.82, 2.24) is 24.6 Å². The van der Waals surface area contributed by atoms with E-state index in [1.54, 1.807) is 29.2 Å². The minimum absolute atomic E-state index is 0.0378. The lowest BCUT2D eigenvalue weighted by molar-refractivity contribution is 0.135. The highest BCUT2D eigenvalue weighted by molar-refractivity contribution is 5.56. The summed E-state index contributed by atoms with van der Waals surface area (Å²) in [5.41, 5.74) is 1.69.